The van der Waals surface area contributed by atoms with Gasteiger partial charge in [0.15, 0.2) is 18.2 Å². The second-order valence-electron chi connectivity index (χ2n) is 17.2. The molecule has 4 aliphatic heterocycles. The number of carbonyl (C=O) groups excluding carboxylic acids is 5. The van der Waals surface area contributed by atoms with Gasteiger partial charge < -0.3 is 34.5 Å². The van der Waals surface area contributed by atoms with Gasteiger partial charge in [-0.05, 0) is 82.3 Å². The van der Waals surface area contributed by atoms with Crippen molar-refractivity contribution in [2.75, 3.05) is 68.0 Å². The van der Waals surface area contributed by atoms with E-state index in [4.69, 9.17) is 26.1 Å². The van der Waals surface area contributed by atoms with Gasteiger partial charge in [0, 0.05) is 75.9 Å². The number of pyridine rings is 1. The molecule has 4 fully saturated rings. The van der Waals surface area contributed by atoms with Crippen molar-refractivity contribution in [3.8, 4) is 5.75 Å². The summed E-state index contributed by atoms with van der Waals surface area (Å²) in [5, 5.41) is 9.18. The minimum absolute atomic E-state index is 0.0795. The molecular formula is C45H51ClN10O8. The third kappa shape index (κ3) is 8.36. The van der Waals surface area contributed by atoms with Gasteiger partial charge in [-0.25, -0.2) is 4.98 Å². The lowest BCUT2D eigenvalue weighted by molar-refractivity contribution is -0.136. The summed E-state index contributed by atoms with van der Waals surface area (Å²) >= 11 is 6.59. The number of piperazine rings is 1. The maximum Gasteiger partial charge on any atom is 0.293 e. The highest BCUT2D eigenvalue weighted by molar-refractivity contribution is 6.33. The van der Waals surface area contributed by atoms with Crippen molar-refractivity contribution in [2.24, 2.45) is 0 Å². The van der Waals surface area contributed by atoms with E-state index >= 15 is 0 Å². The highest BCUT2D eigenvalue weighted by atomic mass is 35.5. The molecule has 0 spiro atoms. The van der Waals surface area contributed by atoms with E-state index in [1.807, 2.05) is 38.1 Å². The quantitative estimate of drug-likeness (QED) is 0.174. The van der Waals surface area contributed by atoms with Crippen LogP contribution in [-0.2, 0) is 19.1 Å². The van der Waals surface area contributed by atoms with E-state index in [1.165, 1.54) is 7.05 Å². The molecule has 64 heavy (non-hydrogen) atoms. The first kappa shape index (κ1) is 43.2. The minimum Gasteiger partial charge on any atom is -0.478 e. The van der Waals surface area contributed by atoms with E-state index < -0.39 is 29.7 Å². The Kier molecular flexibility index (Phi) is 12.0. The molecule has 2 aromatic carbocycles. The minimum atomic E-state index is -0.995. The zero-order chi connectivity index (χ0) is 44.8. The first-order valence-corrected chi connectivity index (χ1v) is 22.3. The number of halogens is 1. The number of piperidine rings is 2. The average Bonchev–Trinajstić information content (AvgIpc) is 3.53. The number of nitrogens with one attached hydrogen (secondary N) is 3. The van der Waals surface area contributed by atoms with Crippen LogP contribution in [0.25, 0.3) is 10.9 Å². The van der Waals surface area contributed by atoms with Crippen molar-refractivity contribution in [1.82, 2.24) is 35.0 Å². The Labute approximate surface area is 374 Å². The van der Waals surface area contributed by atoms with Crippen LogP contribution in [0.1, 0.15) is 79.1 Å². The Balaban J connectivity index is 0.757. The highest BCUT2D eigenvalue weighted by Gasteiger charge is 2.46. The van der Waals surface area contributed by atoms with Gasteiger partial charge >= 0.3 is 0 Å². The third-order valence-corrected chi connectivity index (χ3v) is 13.2. The molecule has 19 heteroatoms. The van der Waals surface area contributed by atoms with E-state index in [-0.39, 0.29) is 54.9 Å². The summed E-state index contributed by atoms with van der Waals surface area (Å²) in [6.07, 6.45) is 5.71. The summed E-state index contributed by atoms with van der Waals surface area (Å²) in [7, 11) is 1.51. The zero-order valence-electron chi connectivity index (χ0n) is 36.0. The van der Waals surface area contributed by atoms with Crippen LogP contribution in [0, 0.1) is 0 Å². The van der Waals surface area contributed by atoms with Gasteiger partial charge in [-0.15, -0.1) is 0 Å². The second-order valence-corrected chi connectivity index (χ2v) is 17.7. The Morgan fingerprint density at radius 3 is 2.41 bits per heavy atom. The Hall–Kier alpha value is -6.11. The molecule has 1 aliphatic carbocycles. The number of hydrogen-bond donors (Lipinski definition) is 3. The van der Waals surface area contributed by atoms with Gasteiger partial charge in [0.05, 0.1) is 40.7 Å². The highest BCUT2D eigenvalue weighted by Crippen LogP contribution is 2.37. The molecule has 0 radical (unpaired) electrons. The molecule has 6 heterocycles. The van der Waals surface area contributed by atoms with E-state index in [9.17, 15) is 28.8 Å². The van der Waals surface area contributed by atoms with Gasteiger partial charge in [0.25, 0.3) is 23.3 Å². The Morgan fingerprint density at radius 1 is 0.922 bits per heavy atom. The van der Waals surface area contributed by atoms with Gasteiger partial charge in [-0.3, -0.25) is 43.9 Å². The molecule has 3 saturated heterocycles. The predicted molar refractivity (Wildman–Crippen MR) is 239 cm³/mol. The molecule has 5 amide bonds. The first-order chi connectivity index (χ1) is 30.9. The molecule has 18 nitrogen and oxygen atoms in total. The van der Waals surface area contributed by atoms with Crippen LogP contribution in [0.3, 0.4) is 0 Å². The van der Waals surface area contributed by atoms with Crippen LogP contribution in [0.15, 0.2) is 53.5 Å². The van der Waals surface area contributed by atoms with Crippen LogP contribution in [0.2, 0.25) is 5.02 Å². The molecule has 3 N–H and O–H groups in total. The second kappa shape index (κ2) is 17.8. The molecule has 1 saturated carbocycles. The van der Waals surface area contributed by atoms with Gasteiger partial charge in [-0.1, -0.05) is 17.7 Å². The number of rotatable bonds is 12. The number of amides is 5. The molecule has 1 atom stereocenters. The number of benzene rings is 2. The monoisotopic (exact) mass is 894 g/mol. The maximum absolute atomic E-state index is 13.7. The van der Waals surface area contributed by atoms with Gasteiger partial charge in [-0.2, -0.15) is 4.98 Å². The number of hydrogen-bond acceptors (Lipinski definition) is 14. The van der Waals surface area contributed by atoms with Crippen molar-refractivity contribution >= 4 is 75.2 Å². The van der Waals surface area contributed by atoms with E-state index in [0.29, 0.717) is 58.4 Å². The largest absolute Gasteiger partial charge is 0.478 e. The summed E-state index contributed by atoms with van der Waals surface area (Å²) in [6, 6.07) is 11.8. The van der Waals surface area contributed by atoms with E-state index in [1.54, 1.807) is 29.0 Å². The topological polar surface area (TPSA) is 201 Å². The van der Waals surface area contributed by atoms with Gasteiger partial charge in [0.1, 0.15) is 11.1 Å². The number of likely N-dealkylation sites (N-methyl/N-ethyl adjacent to an activating group) is 1. The van der Waals surface area contributed by atoms with Gasteiger partial charge in [0.2, 0.25) is 17.8 Å². The number of imide groups is 2. The fourth-order valence-corrected chi connectivity index (χ4v) is 9.60. The fraction of sp³-hybridized carbons (Fsp3) is 0.467. The van der Waals surface area contributed by atoms with Crippen LogP contribution in [-0.4, -0.2) is 131 Å². The first-order valence-electron chi connectivity index (χ1n) is 21.9. The molecule has 0 bridgehead atoms. The van der Waals surface area contributed by atoms with E-state index in [2.05, 4.69) is 35.6 Å². The summed E-state index contributed by atoms with van der Waals surface area (Å²) in [5.74, 6) is -1.23. The number of anilines is 4. The smallest absolute Gasteiger partial charge is 0.293 e. The Morgan fingerprint density at radius 2 is 1.69 bits per heavy atom. The van der Waals surface area contributed by atoms with Crippen molar-refractivity contribution in [2.45, 2.75) is 82.7 Å². The lowest BCUT2D eigenvalue weighted by Gasteiger charge is -2.47. The third-order valence-electron chi connectivity index (χ3n) is 12.9. The fourth-order valence-electron chi connectivity index (χ4n) is 9.46. The predicted octanol–water partition coefficient (Wildman–Crippen LogP) is 3.63. The van der Waals surface area contributed by atoms with Crippen LogP contribution in [0.5, 0.6) is 5.75 Å². The summed E-state index contributed by atoms with van der Waals surface area (Å²) in [5.41, 5.74) is 2.44. The van der Waals surface area contributed by atoms with E-state index in [0.717, 1.165) is 67.7 Å². The standard InChI is InChI=1S/C45H51ClN10O8/c1-25(2)55-33-8-7-27(19-26(33)20-36(43(55)61)63-24-38(58)47-3)49-40-32(46)23-48-45(51-40)54-13-11-29(12-14-54)64-30-21-28(22-30)52-15-17-53(18-16-52)34-6-4-5-31-39(34)44(62)56(42(31)60)35-9-10-37(57)50-41(35)59/h4-8,19-20,23,25,28-30,35H,9-18,21-22,24H2,1-3H3,(H,47,58)(H,48,49,51)(H,50,57,59). The SMILES string of the molecule is CNC(=O)COc1cc2cc(Nc3nc(N4CCC(OC5CC(N6CCN(c7cccc8c7C(=O)N(C7CCC(=O)NC7=O)C8=O)CC6)C5)CC4)ncc3Cl)ccc2n(C(C)C)c1=O. The summed E-state index contributed by atoms with van der Waals surface area (Å²) < 4.78 is 13.8. The number of nitrogens with zero attached hydrogens (tertiary/aromatic N) is 7. The van der Waals surface area contributed by atoms with Crippen molar-refractivity contribution in [3.63, 3.8) is 0 Å². The van der Waals surface area contributed by atoms with Crippen LogP contribution < -0.4 is 36.0 Å². The number of ether oxygens (including phenoxy) is 2. The maximum atomic E-state index is 13.7. The normalized spacial score (nSPS) is 21.9. The lowest BCUT2D eigenvalue weighted by atomic mass is 9.87. The molecule has 1 unspecified atom stereocenters. The van der Waals surface area contributed by atoms with Crippen LogP contribution >= 0.6 is 11.6 Å². The average molecular weight is 895 g/mol. The molecule has 336 valence electrons. The molecule has 2 aromatic heterocycles. The van der Waals surface area contributed by atoms with Crippen LogP contribution in [0.4, 0.5) is 23.1 Å². The molecular weight excluding hydrogens is 844 g/mol. The summed E-state index contributed by atoms with van der Waals surface area (Å²) in [4.78, 5) is 93.5. The zero-order valence-corrected chi connectivity index (χ0v) is 36.7. The summed E-state index contributed by atoms with van der Waals surface area (Å²) in [6.45, 7) is 8.04. The van der Waals surface area contributed by atoms with Crippen molar-refractivity contribution in [3.05, 3.63) is 75.2 Å². The number of aromatic nitrogens is 3. The molecule has 4 aromatic rings. The molecule has 9 rings (SSSR count). The number of fused-ring (bicyclic) bond motifs is 2. The number of carbonyl (C=O) groups is 5. The Bertz CT molecular complexity index is 2580. The molecule has 5 aliphatic rings. The lowest BCUT2D eigenvalue weighted by Crippen LogP contribution is -2.56. The van der Waals surface area contributed by atoms with Crippen molar-refractivity contribution in [1.29, 1.82) is 0 Å². The van der Waals surface area contributed by atoms with Crippen molar-refractivity contribution < 1.29 is 33.4 Å².